The fourth-order valence-electron chi connectivity index (χ4n) is 2.32. The minimum Gasteiger partial charge on any atom is -0.444 e. The maximum atomic E-state index is 11.3. The Hall–Kier alpha value is -1.67. The van der Waals surface area contributed by atoms with E-state index in [9.17, 15) is 4.79 Å². The van der Waals surface area contributed by atoms with Crippen molar-refractivity contribution in [2.24, 2.45) is 0 Å². The van der Waals surface area contributed by atoms with Gasteiger partial charge >= 0.3 is 6.09 Å². The highest BCUT2D eigenvalue weighted by molar-refractivity contribution is 9.10. The van der Waals surface area contributed by atoms with E-state index in [1.54, 1.807) is 6.20 Å². The zero-order chi connectivity index (χ0) is 15.7. The summed E-state index contributed by atoms with van der Waals surface area (Å²) >= 11 is 9.58. The van der Waals surface area contributed by atoms with Crippen LogP contribution in [0.3, 0.4) is 0 Å². The van der Waals surface area contributed by atoms with Crippen molar-refractivity contribution in [3.63, 3.8) is 0 Å². The molecule has 3 heterocycles. The highest BCUT2D eigenvalue weighted by Crippen LogP contribution is 2.28. The highest BCUT2D eigenvalue weighted by atomic mass is 79.9. The van der Waals surface area contributed by atoms with Crippen LogP contribution in [0.4, 0.5) is 10.6 Å². The second kappa shape index (κ2) is 6.21. The predicted molar refractivity (Wildman–Crippen MR) is 86.2 cm³/mol. The molecule has 1 N–H and O–H groups in total. The topological polar surface area (TPSA) is 80.2 Å². The van der Waals surface area contributed by atoms with E-state index in [2.05, 4.69) is 36.2 Å². The molecular weight excluding hydrogens is 374 g/mol. The molecule has 1 aliphatic rings. The van der Waals surface area contributed by atoms with Gasteiger partial charge in [0, 0.05) is 30.7 Å². The van der Waals surface area contributed by atoms with Crippen LogP contribution in [0.5, 0.6) is 0 Å². The molecule has 3 rings (SSSR count). The van der Waals surface area contributed by atoms with Crippen molar-refractivity contribution in [1.29, 1.82) is 0 Å². The molecule has 9 heteroatoms. The molecule has 0 radical (unpaired) electrons. The average molecular weight is 387 g/mol. The SMILES string of the molecule is CNC(=O)O[C@@H]1CCN(c2nc3ncc(Br)cc3nc2Cl)C1. The van der Waals surface area contributed by atoms with Crippen LogP contribution in [0.2, 0.25) is 5.15 Å². The third-order valence-corrected chi connectivity index (χ3v) is 4.04. The molecule has 2 aromatic rings. The summed E-state index contributed by atoms with van der Waals surface area (Å²) in [7, 11) is 1.53. The maximum Gasteiger partial charge on any atom is 0.407 e. The lowest BCUT2D eigenvalue weighted by atomic mass is 10.3. The molecule has 7 nitrogen and oxygen atoms in total. The third kappa shape index (κ3) is 3.07. The number of nitrogens with one attached hydrogen (secondary N) is 1. The van der Waals surface area contributed by atoms with E-state index in [-0.39, 0.29) is 6.10 Å². The van der Waals surface area contributed by atoms with E-state index in [1.165, 1.54) is 7.05 Å². The minimum atomic E-state index is -0.436. The molecule has 2 aromatic heterocycles. The lowest BCUT2D eigenvalue weighted by Gasteiger charge is -2.18. The molecule has 1 atom stereocenters. The number of anilines is 1. The quantitative estimate of drug-likeness (QED) is 0.853. The first-order valence-electron chi connectivity index (χ1n) is 6.69. The smallest absolute Gasteiger partial charge is 0.407 e. The van der Waals surface area contributed by atoms with Crippen LogP contribution in [-0.4, -0.2) is 47.3 Å². The Labute approximate surface area is 140 Å². The summed E-state index contributed by atoms with van der Waals surface area (Å²) in [5.41, 5.74) is 1.15. The van der Waals surface area contributed by atoms with E-state index < -0.39 is 6.09 Å². The van der Waals surface area contributed by atoms with Crippen molar-refractivity contribution in [3.8, 4) is 0 Å². The number of carbonyl (C=O) groups is 1. The zero-order valence-electron chi connectivity index (χ0n) is 11.7. The summed E-state index contributed by atoms with van der Waals surface area (Å²) in [6.45, 7) is 1.22. The Kier molecular flexibility index (Phi) is 4.30. The number of nitrogens with zero attached hydrogens (tertiary/aromatic N) is 4. The molecule has 0 saturated carbocycles. The van der Waals surface area contributed by atoms with Gasteiger partial charge in [0.05, 0.1) is 6.54 Å². The Morgan fingerprint density at radius 2 is 2.36 bits per heavy atom. The van der Waals surface area contributed by atoms with Crippen LogP contribution in [0, 0.1) is 0 Å². The number of pyridine rings is 1. The fraction of sp³-hybridized carbons (Fsp3) is 0.385. The van der Waals surface area contributed by atoms with E-state index >= 15 is 0 Å². The molecule has 116 valence electrons. The van der Waals surface area contributed by atoms with Crippen LogP contribution in [0.1, 0.15) is 6.42 Å². The van der Waals surface area contributed by atoms with Crippen molar-refractivity contribution in [2.45, 2.75) is 12.5 Å². The van der Waals surface area contributed by atoms with Crippen LogP contribution >= 0.6 is 27.5 Å². The van der Waals surface area contributed by atoms with Crippen LogP contribution in [-0.2, 0) is 4.74 Å². The Balaban J connectivity index is 1.83. The van der Waals surface area contributed by atoms with Crippen LogP contribution in [0.15, 0.2) is 16.7 Å². The number of carbonyl (C=O) groups excluding carboxylic acids is 1. The Bertz CT molecular complexity index is 729. The standard InChI is InChI=1S/C13H13BrClN5O2/c1-16-13(21)22-8-2-3-20(6-8)12-10(15)18-9-4-7(14)5-17-11(9)19-12/h4-5,8H,2-3,6H2,1H3,(H,16,21)/t8-/m1/s1. The molecule has 22 heavy (non-hydrogen) atoms. The van der Waals surface area contributed by atoms with Crippen LogP contribution in [0.25, 0.3) is 11.2 Å². The van der Waals surface area contributed by atoms with Crippen molar-refractivity contribution in [3.05, 3.63) is 21.9 Å². The first kappa shape index (κ1) is 15.2. The van der Waals surface area contributed by atoms with Gasteiger partial charge in [-0.1, -0.05) is 11.6 Å². The third-order valence-electron chi connectivity index (χ3n) is 3.35. The van der Waals surface area contributed by atoms with Gasteiger partial charge in [-0.2, -0.15) is 0 Å². The first-order valence-corrected chi connectivity index (χ1v) is 7.86. The van der Waals surface area contributed by atoms with E-state index in [0.29, 0.717) is 35.2 Å². The summed E-state index contributed by atoms with van der Waals surface area (Å²) in [5.74, 6) is 0.562. The van der Waals surface area contributed by atoms with E-state index in [1.807, 2.05) is 11.0 Å². The number of halogens is 2. The van der Waals surface area contributed by atoms with Gasteiger partial charge in [0.15, 0.2) is 16.6 Å². The Morgan fingerprint density at radius 3 is 3.14 bits per heavy atom. The largest absolute Gasteiger partial charge is 0.444 e. The van der Waals surface area contributed by atoms with Crippen molar-refractivity contribution < 1.29 is 9.53 Å². The summed E-state index contributed by atoms with van der Waals surface area (Å²) in [4.78, 5) is 26.3. The lowest BCUT2D eigenvalue weighted by Crippen LogP contribution is -2.29. The number of fused-ring (bicyclic) bond motifs is 1. The molecule has 1 saturated heterocycles. The van der Waals surface area contributed by atoms with E-state index in [0.717, 1.165) is 10.9 Å². The molecule has 0 unspecified atom stereocenters. The highest BCUT2D eigenvalue weighted by Gasteiger charge is 2.28. The molecule has 0 aliphatic carbocycles. The number of hydrogen-bond donors (Lipinski definition) is 1. The molecular formula is C13H13BrClN5O2. The lowest BCUT2D eigenvalue weighted by molar-refractivity contribution is 0.110. The normalized spacial score (nSPS) is 17.8. The second-order valence-electron chi connectivity index (χ2n) is 4.85. The van der Waals surface area contributed by atoms with Crippen molar-refractivity contribution in [1.82, 2.24) is 20.3 Å². The van der Waals surface area contributed by atoms with Gasteiger partial charge in [-0.05, 0) is 22.0 Å². The Morgan fingerprint density at radius 1 is 1.55 bits per heavy atom. The number of aromatic nitrogens is 3. The first-order chi connectivity index (χ1) is 10.6. The minimum absolute atomic E-state index is 0.189. The van der Waals surface area contributed by atoms with Gasteiger partial charge < -0.3 is 15.0 Å². The van der Waals surface area contributed by atoms with E-state index in [4.69, 9.17) is 16.3 Å². The average Bonchev–Trinajstić information content (AvgIpc) is 2.94. The summed E-state index contributed by atoms with van der Waals surface area (Å²) in [6.07, 6.45) is 1.76. The number of ether oxygens (including phenoxy) is 1. The summed E-state index contributed by atoms with van der Waals surface area (Å²) in [6, 6.07) is 1.81. The van der Waals surface area contributed by atoms with Gasteiger partial charge in [0.2, 0.25) is 0 Å². The van der Waals surface area contributed by atoms with Gasteiger partial charge in [0.1, 0.15) is 11.6 Å². The number of hydrogen-bond acceptors (Lipinski definition) is 6. The second-order valence-corrected chi connectivity index (χ2v) is 6.12. The zero-order valence-corrected chi connectivity index (χ0v) is 14.1. The fourth-order valence-corrected chi connectivity index (χ4v) is 2.89. The number of alkyl carbamates (subject to hydrolysis) is 1. The van der Waals surface area contributed by atoms with Gasteiger partial charge in [-0.25, -0.2) is 19.7 Å². The van der Waals surface area contributed by atoms with Gasteiger partial charge in [-0.3, -0.25) is 0 Å². The molecule has 1 fully saturated rings. The van der Waals surface area contributed by atoms with Gasteiger partial charge in [-0.15, -0.1) is 0 Å². The molecule has 0 spiro atoms. The summed E-state index contributed by atoms with van der Waals surface area (Å²) in [5, 5.41) is 2.75. The molecule has 1 amide bonds. The monoisotopic (exact) mass is 385 g/mol. The van der Waals surface area contributed by atoms with Crippen molar-refractivity contribution >= 4 is 50.6 Å². The van der Waals surface area contributed by atoms with Gasteiger partial charge in [0.25, 0.3) is 0 Å². The summed E-state index contributed by atoms with van der Waals surface area (Å²) < 4.78 is 6.07. The molecule has 0 aromatic carbocycles. The number of rotatable bonds is 2. The molecule has 0 bridgehead atoms. The predicted octanol–water partition coefficient (Wildman–Crippen LogP) is 2.38. The number of amides is 1. The maximum absolute atomic E-state index is 11.3. The molecule has 1 aliphatic heterocycles. The van der Waals surface area contributed by atoms with Crippen LogP contribution < -0.4 is 10.2 Å². The van der Waals surface area contributed by atoms with Crippen molar-refractivity contribution in [2.75, 3.05) is 25.0 Å².